The monoisotopic (exact) mass is 355 g/mol. The minimum atomic E-state index is -0.319. The summed E-state index contributed by atoms with van der Waals surface area (Å²) in [5, 5.41) is 7.64. The van der Waals surface area contributed by atoms with Crippen LogP contribution >= 0.6 is 11.8 Å². The van der Waals surface area contributed by atoms with Gasteiger partial charge in [0.05, 0.1) is 5.25 Å². The summed E-state index contributed by atoms with van der Waals surface area (Å²) in [7, 11) is 0. The number of anilines is 1. The predicted molar refractivity (Wildman–Crippen MR) is 100 cm³/mol. The van der Waals surface area contributed by atoms with Crippen molar-refractivity contribution in [1.82, 2.24) is 19.6 Å². The Morgan fingerprint density at radius 1 is 1.20 bits per heavy atom. The van der Waals surface area contributed by atoms with Crippen LogP contribution in [0.3, 0.4) is 0 Å². The molecule has 1 atom stereocenters. The van der Waals surface area contributed by atoms with Gasteiger partial charge < -0.3 is 5.32 Å². The molecular weight excluding hydrogens is 334 g/mol. The minimum absolute atomic E-state index is 0.0773. The number of carbonyl (C=O) groups is 1. The average Bonchev–Trinajstić information content (AvgIpc) is 2.95. The first-order chi connectivity index (χ1) is 11.8. The van der Waals surface area contributed by atoms with E-state index in [9.17, 15) is 4.79 Å². The van der Waals surface area contributed by atoms with Crippen LogP contribution in [0.5, 0.6) is 0 Å². The van der Waals surface area contributed by atoms with Crippen molar-refractivity contribution in [2.24, 2.45) is 0 Å². The molecule has 1 aromatic carbocycles. The molecule has 130 valence electrons. The standard InChI is InChI=1S/C18H21N5OS/c1-10-7-6-8-15(9-10)20-16(24)14(5)25-18-21-17-19-12(3)11(2)13(4)23(17)22-18/h6-9,14H,1-5H3,(H,20,24). The molecule has 0 radical (unpaired) electrons. The third-order valence-corrected chi connectivity index (χ3v) is 5.13. The fourth-order valence-corrected chi connectivity index (χ4v) is 3.21. The number of carbonyl (C=O) groups excluding carboxylic acids is 1. The number of aromatic nitrogens is 4. The van der Waals surface area contributed by atoms with Crippen LogP contribution in [0.1, 0.15) is 29.4 Å². The molecule has 3 rings (SSSR count). The topological polar surface area (TPSA) is 72.2 Å². The molecule has 2 aromatic heterocycles. The van der Waals surface area contributed by atoms with E-state index in [2.05, 4.69) is 20.4 Å². The zero-order chi connectivity index (χ0) is 18.1. The first-order valence-electron chi connectivity index (χ1n) is 8.10. The third kappa shape index (κ3) is 3.66. The fourth-order valence-electron chi connectivity index (χ4n) is 2.47. The molecule has 0 aliphatic rings. The Labute approximate surface area is 151 Å². The summed E-state index contributed by atoms with van der Waals surface area (Å²) in [4.78, 5) is 21.3. The van der Waals surface area contributed by atoms with E-state index >= 15 is 0 Å². The molecule has 0 saturated heterocycles. The van der Waals surface area contributed by atoms with Gasteiger partial charge in [-0.2, -0.15) is 4.98 Å². The van der Waals surface area contributed by atoms with Crippen LogP contribution in [0.4, 0.5) is 5.69 Å². The molecule has 0 aliphatic carbocycles. The van der Waals surface area contributed by atoms with Gasteiger partial charge in [-0.15, -0.1) is 5.10 Å². The lowest BCUT2D eigenvalue weighted by molar-refractivity contribution is -0.115. The molecule has 0 fully saturated rings. The Balaban J connectivity index is 1.76. The van der Waals surface area contributed by atoms with Gasteiger partial charge in [-0.25, -0.2) is 9.50 Å². The third-order valence-electron chi connectivity index (χ3n) is 4.18. The molecule has 0 aliphatic heterocycles. The normalized spacial score (nSPS) is 12.4. The highest BCUT2D eigenvalue weighted by Crippen LogP contribution is 2.23. The van der Waals surface area contributed by atoms with Crippen LogP contribution in [0, 0.1) is 27.7 Å². The maximum atomic E-state index is 12.4. The van der Waals surface area contributed by atoms with Gasteiger partial charge in [-0.1, -0.05) is 23.9 Å². The molecule has 0 bridgehead atoms. The lowest BCUT2D eigenvalue weighted by Crippen LogP contribution is -2.22. The Hall–Kier alpha value is -2.41. The van der Waals surface area contributed by atoms with Crippen LogP contribution in [-0.2, 0) is 4.79 Å². The Kier molecular flexibility index (Phi) is 4.76. The van der Waals surface area contributed by atoms with E-state index in [1.54, 1.807) is 4.52 Å². The first kappa shape index (κ1) is 17.4. The zero-order valence-corrected chi connectivity index (χ0v) is 15.8. The van der Waals surface area contributed by atoms with E-state index in [-0.39, 0.29) is 11.2 Å². The summed E-state index contributed by atoms with van der Waals surface area (Å²) < 4.78 is 1.73. The van der Waals surface area contributed by atoms with Gasteiger partial charge in [0.2, 0.25) is 11.1 Å². The van der Waals surface area contributed by atoms with Crippen molar-refractivity contribution in [3.05, 3.63) is 46.8 Å². The van der Waals surface area contributed by atoms with E-state index in [4.69, 9.17) is 0 Å². The summed E-state index contributed by atoms with van der Waals surface area (Å²) in [5.41, 5.74) is 4.95. The fraction of sp³-hybridized carbons (Fsp3) is 0.333. The number of hydrogen-bond donors (Lipinski definition) is 1. The molecule has 7 heteroatoms. The average molecular weight is 355 g/mol. The van der Waals surface area contributed by atoms with Gasteiger partial charge in [0.25, 0.3) is 5.78 Å². The SMILES string of the molecule is Cc1cccc(NC(=O)C(C)Sc2nc3nc(C)c(C)c(C)n3n2)c1. The van der Waals surface area contributed by atoms with Crippen molar-refractivity contribution in [3.8, 4) is 0 Å². The first-order valence-corrected chi connectivity index (χ1v) is 8.98. The highest BCUT2D eigenvalue weighted by Gasteiger charge is 2.19. The number of rotatable bonds is 4. The summed E-state index contributed by atoms with van der Waals surface area (Å²) in [6, 6.07) is 7.74. The van der Waals surface area contributed by atoms with Crippen LogP contribution in [-0.4, -0.2) is 30.7 Å². The Bertz CT molecular complexity index is 950. The predicted octanol–water partition coefficient (Wildman–Crippen LogP) is 3.48. The Morgan fingerprint density at radius 3 is 2.68 bits per heavy atom. The molecule has 6 nitrogen and oxygen atoms in total. The van der Waals surface area contributed by atoms with Crippen molar-refractivity contribution in [2.75, 3.05) is 5.32 Å². The second kappa shape index (κ2) is 6.84. The van der Waals surface area contributed by atoms with Crippen molar-refractivity contribution in [3.63, 3.8) is 0 Å². The Morgan fingerprint density at radius 2 is 1.96 bits per heavy atom. The highest BCUT2D eigenvalue weighted by atomic mass is 32.2. The second-order valence-corrected chi connectivity index (χ2v) is 7.44. The highest BCUT2D eigenvalue weighted by molar-refractivity contribution is 8.00. The summed E-state index contributed by atoms with van der Waals surface area (Å²) in [6.45, 7) is 9.81. The number of hydrogen-bond acceptors (Lipinski definition) is 5. The van der Waals surface area contributed by atoms with Crippen LogP contribution in [0.2, 0.25) is 0 Å². The molecular formula is C18H21N5OS. The van der Waals surface area contributed by atoms with Gasteiger partial charge >= 0.3 is 0 Å². The van der Waals surface area contributed by atoms with E-state index in [1.165, 1.54) is 11.8 Å². The van der Waals surface area contributed by atoms with E-state index in [1.807, 2.05) is 58.9 Å². The molecule has 25 heavy (non-hydrogen) atoms. The summed E-state index contributed by atoms with van der Waals surface area (Å²) in [6.07, 6.45) is 0. The van der Waals surface area contributed by atoms with Gasteiger partial charge in [0, 0.05) is 17.1 Å². The number of amides is 1. The van der Waals surface area contributed by atoms with Crippen molar-refractivity contribution in [2.45, 2.75) is 45.0 Å². The van der Waals surface area contributed by atoms with Gasteiger partial charge in [0.1, 0.15) is 0 Å². The number of fused-ring (bicyclic) bond motifs is 1. The summed E-state index contributed by atoms with van der Waals surface area (Å²) >= 11 is 1.33. The van der Waals surface area contributed by atoms with Gasteiger partial charge in [-0.3, -0.25) is 4.79 Å². The van der Waals surface area contributed by atoms with Crippen molar-refractivity contribution < 1.29 is 4.79 Å². The van der Waals surface area contributed by atoms with Gasteiger partial charge in [0.15, 0.2) is 0 Å². The smallest absolute Gasteiger partial charge is 0.253 e. The largest absolute Gasteiger partial charge is 0.325 e. The van der Waals surface area contributed by atoms with Crippen molar-refractivity contribution >= 4 is 29.1 Å². The molecule has 2 heterocycles. The maximum absolute atomic E-state index is 12.4. The number of nitrogens with zero attached hydrogens (tertiary/aromatic N) is 4. The zero-order valence-electron chi connectivity index (χ0n) is 15.0. The number of benzene rings is 1. The maximum Gasteiger partial charge on any atom is 0.253 e. The quantitative estimate of drug-likeness (QED) is 0.726. The molecule has 0 saturated carbocycles. The van der Waals surface area contributed by atoms with Crippen LogP contribution in [0.15, 0.2) is 29.4 Å². The number of aryl methyl sites for hydroxylation is 3. The number of nitrogens with one attached hydrogen (secondary N) is 1. The lowest BCUT2D eigenvalue weighted by atomic mass is 10.2. The van der Waals surface area contributed by atoms with E-state index < -0.39 is 0 Å². The molecule has 1 unspecified atom stereocenters. The molecule has 1 N–H and O–H groups in total. The van der Waals surface area contributed by atoms with E-state index in [0.717, 1.165) is 28.2 Å². The second-order valence-electron chi connectivity index (χ2n) is 6.13. The molecule has 0 spiro atoms. The van der Waals surface area contributed by atoms with Crippen molar-refractivity contribution in [1.29, 1.82) is 0 Å². The lowest BCUT2D eigenvalue weighted by Gasteiger charge is -2.10. The molecule has 3 aromatic rings. The number of thioether (sulfide) groups is 1. The van der Waals surface area contributed by atoms with E-state index in [0.29, 0.717) is 10.9 Å². The van der Waals surface area contributed by atoms with Crippen LogP contribution < -0.4 is 5.32 Å². The van der Waals surface area contributed by atoms with Crippen LogP contribution in [0.25, 0.3) is 5.78 Å². The summed E-state index contributed by atoms with van der Waals surface area (Å²) in [5.74, 6) is 0.487. The minimum Gasteiger partial charge on any atom is -0.325 e. The van der Waals surface area contributed by atoms with Gasteiger partial charge in [-0.05, 0) is 57.9 Å². The molecule has 1 amide bonds.